The molecule has 2 rings (SSSR count). The first-order valence-electron chi connectivity index (χ1n) is 6.30. The van der Waals surface area contributed by atoms with E-state index in [1.165, 1.54) is 18.0 Å². The van der Waals surface area contributed by atoms with Gasteiger partial charge < -0.3 is 10.1 Å². The number of hydrogen-bond donors (Lipinski definition) is 1. The van der Waals surface area contributed by atoms with Crippen LogP contribution in [0.4, 0.5) is 10.3 Å². The van der Waals surface area contributed by atoms with Gasteiger partial charge in [0.1, 0.15) is 5.03 Å². The van der Waals surface area contributed by atoms with Crippen molar-refractivity contribution in [3.8, 4) is 0 Å². The first kappa shape index (κ1) is 13.5. The zero-order valence-electron chi connectivity index (χ0n) is 10.5. The highest BCUT2D eigenvalue weighted by Gasteiger charge is 2.18. The first-order chi connectivity index (χ1) is 8.79. The molecule has 0 aromatic carbocycles. The second-order valence-electron chi connectivity index (χ2n) is 4.20. The number of halogens is 1. The van der Waals surface area contributed by atoms with Crippen molar-refractivity contribution >= 4 is 17.7 Å². The van der Waals surface area contributed by atoms with Crippen molar-refractivity contribution in [1.82, 2.24) is 9.97 Å². The van der Waals surface area contributed by atoms with Gasteiger partial charge in [0, 0.05) is 25.0 Å². The second kappa shape index (κ2) is 6.89. The van der Waals surface area contributed by atoms with Crippen molar-refractivity contribution in [3.63, 3.8) is 0 Å². The molecule has 1 fully saturated rings. The van der Waals surface area contributed by atoms with E-state index in [2.05, 4.69) is 22.2 Å². The van der Waals surface area contributed by atoms with Gasteiger partial charge in [0.15, 0.2) is 5.82 Å². The fourth-order valence-electron chi connectivity index (χ4n) is 1.71. The van der Waals surface area contributed by atoms with Gasteiger partial charge in [-0.05, 0) is 19.3 Å². The third-order valence-corrected chi connectivity index (χ3v) is 4.01. The Labute approximate surface area is 111 Å². The van der Waals surface area contributed by atoms with Gasteiger partial charge in [-0.2, -0.15) is 0 Å². The van der Waals surface area contributed by atoms with Crippen LogP contribution in [0.25, 0.3) is 0 Å². The molecule has 1 aliphatic heterocycles. The number of nitrogens with zero attached hydrogens (tertiary/aromatic N) is 2. The highest BCUT2D eigenvalue weighted by Crippen LogP contribution is 2.30. The Bertz CT molecular complexity index is 386. The van der Waals surface area contributed by atoms with E-state index in [-0.39, 0.29) is 5.82 Å². The number of hydrogen-bond acceptors (Lipinski definition) is 5. The number of ether oxygens (including phenoxy) is 1. The predicted molar refractivity (Wildman–Crippen MR) is 70.5 cm³/mol. The van der Waals surface area contributed by atoms with E-state index in [4.69, 9.17) is 4.74 Å². The zero-order chi connectivity index (χ0) is 12.8. The lowest BCUT2D eigenvalue weighted by Gasteiger charge is -2.21. The quantitative estimate of drug-likeness (QED) is 0.834. The lowest BCUT2D eigenvalue weighted by Crippen LogP contribution is -2.18. The van der Waals surface area contributed by atoms with E-state index in [0.29, 0.717) is 16.2 Å². The third kappa shape index (κ3) is 3.81. The van der Waals surface area contributed by atoms with Gasteiger partial charge >= 0.3 is 0 Å². The van der Waals surface area contributed by atoms with Crippen LogP contribution in [0.3, 0.4) is 0 Å². The molecule has 2 heterocycles. The predicted octanol–water partition coefficient (Wildman–Crippen LogP) is 2.71. The summed E-state index contributed by atoms with van der Waals surface area (Å²) in [4.78, 5) is 8.16. The molecule has 0 unspecified atom stereocenters. The minimum atomic E-state index is -0.339. The van der Waals surface area contributed by atoms with Crippen LogP contribution >= 0.6 is 11.8 Å². The van der Waals surface area contributed by atoms with E-state index in [1.807, 2.05) is 0 Å². The number of nitrogens with one attached hydrogen (secondary N) is 1. The van der Waals surface area contributed by atoms with E-state index in [9.17, 15) is 4.39 Å². The summed E-state index contributed by atoms with van der Waals surface area (Å²) in [5.41, 5.74) is 0. The van der Waals surface area contributed by atoms with Crippen LogP contribution in [-0.2, 0) is 4.74 Å². The molecule has 1 saturated heterocycles. The molecule has 0 radical (unpaired) electrons. The molecule has 0 spiro atoms. The summed E-state index contributed by atoms with van der Waals surface area (Å²) in [7, 11) is 0. The van der Waals surface area contributed by atoms with Gasteiger partial charge in [-0.1, -0.05) is 18.7 Å². The fraction of sp³-hybridized carbons (Fsp3) is 0.667. The molecule has 0 atom stereocenters. The molecule has 0 saturated carbocycles. The molecule has 1 N–H and O–H groups in total. The van der Waals surface area contributed by atoms with E-state index in [0.717, 1.165) is 39.0 Å². The number of aromatic nitrogens is 2. The van der Waals surface area contributed by atoms with E-state index in [1.54, 1.807) is 0 Å². The Morgan fingerprint density at radius 3 is 3.00 bits per heavy atom. The Hall–Kier alpha value is -0.880. The smallest absolute Gasteiger partial charge is 0.223 e. The standard InChI is InChI=1S/C12H18FN3OS/c1-2-5-14-12-15-8-10(13)11(16-12)18-9-3-6-17-7-4-9/h8-9H,2-7H2,1H3,(H,14,15,16). The summed E-state index contributed by atoms with van der Waals surface area (Å²) in [6.45, 7) is 4.37. The maximum atomic E-state index is 13.6. The van der Waals surface area contributed by atoms with Gasteiger partial charge in [-0.25, -0.2) is 14.4 Å². The van der Waals surface area contributed by atoms with Crippen molar-refractivity contribution in [2.24, 2.45) is 0 Å². The molecular formula is C12H18FN3OS. The average molecular weight is 271 g/mol. The number of thioether (sulfide) groups is 1. The molecule has 6 heteroatoms. The molecule has 0 bridgehead atoms. The molecule has 1 aromatic heterocycles. The summed E-state index contributed by atoms with van der Waals surface area (Å²) in [5, 5.41) is 3.90. The van der Waals surface area contributed by atoms with Gasteiger partial charge in [-0.3, -0.25) is 0 Å². The molecule has 18 heavy (non-hydrogen) atoms. The Morgan fingerprint density at radius 2 is 2.28 bits per heavy atom. The minimum Gasteiger partial charge on any atom is -0.381 e. The normalized spacial score (nSPS) is 16.8. The number of anilines is 1. The topological polar surface area (TPSA) is 47.0 Å². The van der Waals surface area contributed by atoms with Crippen LogP contribution in [0.5, 0.6) is 0 Å². The fourth-order valence-corrected chi connectivity index (χ4v) is 2.76. The highest BCUT2D eigenvalue weighted by molar-refractivity contribution is 7.99. The Balaban J connectivity index is 2.00. The zero-order valence-corrected chi connectivity index (χ0v) is 11.3. The summed E-state index contributed by atoms with van der Waals surface area (Å²) in [6.07, 6.45) is 4.13. The molecule has 100 valence electrons. The van der Waals surface area contributed by atoms with Crippen LogP contribution < -0.4 is 5.32 Å². The van der Waals surface area contributed by atoms with E-state index >= 15 is 0 Å². The average Bonchev–Trinajstić information content (AvgIpc) is 2.41. The van der Waals surface area contributed by atoms with E-state index < -0.39 is 0 Å². The van der Waals surface area contributed by atoms with Gasteiger partial charge in [-0.15, -0.1) is 0 Å². The highest BCUT2D eigenvalue weighted by atomic mass is 32.2. The monoisotopic (exact) mass is 271 g/mol. The van der Waals surface area contributed by atoms with Crippen LogP contribution in [0.15, 0.2) is 11.2 Å². The summed E-state index contributed by atoms with van der Waals surface area (Å²) >= 11 is 1.49. The van der Waals surface area contributed by atoms with Crippen molar-refractivity contribution < 1.29 is 9.13 Å². The molecule has 1 aromatic rings. The minimum absolute atomic E-state index is 0.339. The molecule has 1 aliphatic rings. The summed E-state index contributed by atoms with van der Waals surface area (Å²) in [6, 6.07) is 0. The summed E-state index contributed by atoms with van der Waals surface area (Å²) in [5.74, 6) is 0.168. The maximum absolute atomic E-state index is 13.6. The summed E-state index contributed by atoms with van der Waals surface area (Å²) < 4.78 is 18.9. The molecule has 4 nitrogen and oxygen atoms in total. The molecular weight excluding hydrogens is 253 g/mol. The third-order valence-electron chi connectivity index (χ3n) is 2.69. The lowest BCUT2D eigenvalue weighted by atomic mass is 10.2. The lowest BCUT2D eigenvalue weighted by molar-refractivity contribution is 0.1000. The molecule has 0 aliphatic carbocycles. The van der Waals surface area contributed by atoms with Crippen molar-refractivity contribution in [3.05, 3.63) is 12.0 Å². The van der Waals surface area contributed by atoms with Gasteiger partial charge in [0.05, 0.1) is 6.20 Å². The van der Waals surface area contributed by atoms with Crippen LogP contribution in [0, 0.1) is 5.82 Å². The molecule has 0 amide bonds. The second-order valence-corrected chi connectivity index (χ2v) is 5.49. The number of rotatable bonds is 5. The van der Waals surface area contributed by atoms with Crippen LogP contribution in [0.1, 0.15) is 26.2 Å². The van der Waals surface area contributed by atoms with Crippen LogP contribution in [0.2, 0.25) is 0 Å². The Morgan fingerprint density at radius 1 is 1.50 bits per heavy atom. The first-order valence-corrected chi connectivity index (χ1v) is 7.18. The largest absolute Gasteiger partial charge is 0.381 e. The van der Waals surface area contributed by atoms with Crippen LogP contribution in [-0.4, -0.2) is 35.0 Å². The Kier molecular flexibility index (Phi) is 5.19. The van der Waals surface area contributed by atoms with Crippen molar-refractivity contribution in [1.29, 1.82) is 0 Å². The SMILES string of the molecule is CCCNc1ncc(F)c(SC2CCOCC2)n1. The van der Waals surface area contributed by atoms with Gasteiger partial charge in [0.2, 0.25) is 5.95 Å². The van der Waals surface area contributed by atoms with Crippen molar-refractivity contribution in [2.75, 3.05) is 25.1 Å². The van der Waals surface area contributed by atoms with Gasteiger partial charge in [0.25, 0.3) is 0 Å². The maximum Gasteiger partial charge on any atom is 0.223 e. The van der Waals surface area contributed by atoms with Crippen molar-refractivity contribution in [2.45, 2.75) is 36.5 Å².